The van der Waals surface area contributed by atoms with Crippen LogP contribution in [0.5, 0.6) is 5.75 Å². The minimum absolute atomic E-state index is 0.589. The van der Waals surface area contributed by atoms with Gasteiger partial charge in [0.2, 0.25) is 0 Å². The Balaban J connectivity index is 2.10. The van der Waals surface area contributed by atoms with Gasteiger partial charge in [-0.3, -0.25) is 0 Å². The molecular weight excluding hydrogens is 306 g/mol. The molecule has 3 aromatic rings. The molecular formula is C19H17NO2S. The highest BCUT2D eigenvalue weighted by Crippen LogP contribution is 2.31. The molecule has 0 fully saturated rings. The summed E-state index contributed by atoms with van der Waals surface area (Å²) in [6.07, 6.45) is 0. The lowest BCUT2D eigenvalue weighted by molar-refractivity contribution is 0.405. The Morgan fingerprint density at radius 1 is 0.957 bits per heavy atom. The monoisotopic (exact) mass is 323 g/mol. The number of ether oxygens (including phenoxy) is 1. The molecule has 0 bridgehead atoms. The van der Waals surface area contributed by atoms with Crippen LogP contribution in [-0.2, 0) is 11.0 Å². The molecule has 116 valence electrons. The van der Waals surface area contributed by atoms with E-state index >= 15 is 0 Å². The van der Waals surface area contributed by atoms with Gasteiger partial charge in [0, 0.05) is 5.39 Å². The standard InChI is InChI=1S/C19H17NO2S/c1-14(15-8-4-3-5-9-15)20-23(21)19-17-11-7-6-10-16(17)12-13-18(19)22-2/h3-13H,1-2H3/b20-14+. The highest BCUT2D eigenvalue weighted by molar-refractivity contribution is 7.84. The summed E-state index contributed by atoms with van der Waals surface area (Å²) < 4.78 is 22.7. The zero-order valence-electron chi connectivity index (χ0n) is 13.0. The van der Waals surface area contributed by atoms with Gasteiger partial charge in [-0.2, -0.15) is 4.40 Å². The number of hydrogen-bond donors (Lipinski definition) is 0. The molecule has 0 aliphatic carbocycles. The molecule has 0 aliphatic heterocycles. The summed E-state index contributed by atoms with van der Waals surface area (Å²) >= 11 is 0. The van der Waals surface area contributed by atoms with E-state index in [2.05, 4.69) is 4.40 Å². The summed E-state index contributed by atoms with van der Waals surface area (Å²) in [5.41, 5.74) is 1.69. The van der Waals surface area contributed by atoms with E-state index in [1.165, 1.54) is 0 Å². The first-order chi connectivity index (χ1) is 11.2. The summed E-state index contributed by atoms with van der Waals surface area (Å²) in [5, 5.41) is 1.92. The molecule has 0 saturated carbocycles. The van der Waals surface area contributed by atoms with Gasteiger partial charge < -0.3 is 4.74 Å². The molecule has 3 nitrogen and oxygen atoms in total. The molecule has 1 unspecified atom stereocenters. The number of fused-ring (bicyclic) bond motifs is 1. The number of benzene rings is 3. The molecule has 3 rings (SSSR count). The topological polar surface area (TPSA) is 38.7 Å². The second kappa shape index (κ2) is 6.75. The normalized spacial score (nSPS) is 13.0. The lowest BCUT2D eigenvalue weighted by atomic mass is 10.1. The Hall–Kier alpha value is -2.46. The van der Waals surface area contributed by atoms with Crippen molar-refractivity contribution in [2.24, 2.45) is 4.40 Å². The first kappa shape index (κ1) is 15.4. The molecule has 0 amide bonds. The van der Waals surface area contributed by atoms with E-state index in [4.69, 9.17) is 4.74 Å². The molecule has 1 atom stereocenters. The van der Waals surface area contributed by atoms with E-state index < -0.39 is 11.0 Å². The highest BCUT2D eigenvalue weighted by Gasteiger charge is 2.15. The van der Waals surface area contributed by atoms with E-state index in [-0.39, 0.29) is 0 Å². The summed E-state index contributed by atoms with van der Waals surface area (Å²) in [6, 6.07) is 21.4. The molecule has 3 aromatic carbocycles. The van der Waals surface area contributed by atoms with Crippen molar-refractivity contribution in [3.8, 4) is 5.75 Å². The summed E-state index contributed by atoms with van der Waals surface area (Å²) in [7, 11) is 0.0449. The average Bonchev–Trinajstić information content (AvgIpc) is 2.61. The number of nitrogens with zero attached hydrogens (tertiary/aromatic N) is 1. The second-order valence-corrected chi connectivity index (χ2v) is 6.20. The van der Waals surface area contributed by atoms with Crippen molar-refractivity contribution < 1.29 is 8.95 Å². The zero-order chi connectivity index (χ0) is 16.2. The van der Waals surface area contributed by atoms with Gasteiger partial charge in [-0.25, -0.2) is 4.21 Å². The average molecular weight is 323 g/mol. The summed E-state index contributed by atoms with van der Waals surface area (Å²) in [5.74, 6) is 0.589. The molecule has 4 heteroatoms. The Kier molecular flexibility index (Phi) is 4.53. The van der Waals surface area contributed by atoms with Gasteiger partial charge in [-0.05, 0) is 23.9 Å². The van der Waals surface area contributed by atoms with E-state index in [0.29, 0.717) is 10.6 Å². The van der Waals surface area contributed by atoms with Gasteiger partial charge in [0.15, 0.2) is 11.0 Å². The predicted molar refractivity (Wildman–Crippen MR) is 95.6 cm³/mol. The molecule has 23 heavy (non-hydrogen) atoms. The van der Waals surface area contributed by atoms with Crippen LogP contribution in [0.15, 0.2) is 76.0 Å². The van der Waals surface area contributed by atoms with Gasteiger partial charge >= 0.3 is 0 Å². The first-order valence-electron chi connectivity index (χ1n) is 7.29. The molecule has 0 heterocycles. The zero-order valence-corrected chi connectivity index (χ0v) is 13.8. The molecule has 0 saturated heterocycles. The third-order valence-corrected chi connectivity index (χ3v) is 4.86. The minimum atomic E-state index is -1.54. The third-order valence-electron chi connectivity index (χ3n) is 3.65. The Morgan fingerprint density at radius 3 is 2.39 bits per heavy atom. The van der Waals surface area contributed by atoms with Crippen LogP contribution in [-0.4, -0.2) is 17.0 Å². The molecule has 0 radical (unpaired) electrons. The van der Waals surface area contributed by atoms with Gasteiger partial charge in [0.25, 0.3) is 0 Å². The maximum atomic E-state index is 12.9. The highest BCUT2D eigenvalue weighted by atomic mass is 32.2. The van der Waals surface area contributed by atoms with Crippen LogP contribution in [0.25, 0.3) is 10.8 Å². The van der Waals surface area contributed by atoms with Crippen molar-refractivity contribution in [2.75, 3.05) is 7.11 Å². The van der Waals surface area contributed by atoms with E-state index in [9.17, 15) is 4.21 Å². The smallest absolute Gasteiger partial charge is 0.177 e. The van der Waals surface area contributed by atoms with Gasteiger partial charge in [0.1, 0.15) is 10.6 Å². The lowest BCUT2D eigenvalue weighted by Crippen LogP contribution is -2.00. The fourth-order valence-electron chi connectivity index (χ4n) is 2.47. The number of hydrogen-bond acceptors (Lipinski definition) is 2. The summed E-state index contributed by atoms with van der Waals surface area (Å²) in [6.45, 7) is 1.87. The van der Waals surface area contributed by atoms with Crippen molar-refractivity contribution in [1.29, 1.82) is 0 Å². The van der Waals surface area contributed by atoms with Crippen LogP contribution in [0.2, 0.25) is 0 Å². The van der Waals surface area contributed by atoms with E-state index in [0.717, 1.165) is 22.0 Å². The Labute approximate surface area is 138 Å². The predicted octanol–water partition coefficient (Wildman–Crippen LogP) is 4.38. The van der Waals surface area contributed by atoms with E-state index in [1.807, 2.05) is 73.7 Å². The largest absolute Gasteiger partial charge is 0.495 e. The van der Waals surface area contributed by atoms with Crippen molar-refractivity contribution in [2.45, 2.75) is 11.8 Å². The minimum Gasteiger partial charge on any atom is -0.495 e. The maximum absolute atomic E-state index is 12.9. The quantitative estimate of drug-likeness (QED) is 0.668. The van der Waals surface area contributed by atoms with Gasteiger partial charge in [0.05, 0.1) is 12.8 Å². The summed E-state index contributed by atoms with van der Waals surface area (Å²) in [4.78, 5) is 0.612. The second-order valence-electron chi connectivity index (χ2n) is 5.11. The van der Waals surface area contributed by atoms with Gasteiger partial charge in [-0.1, -0.05) is 60.7 Å². The Bertz CT molecular complexity index is 888. The fourth-order valence-corrected chi connectivity index (χ4v) is 3.61. The van der Waals surface area contributed by atoms with Crippen molar-refractivity contribution in [1.82, 2.24) is 0 Å². The van der Waals surface area contributed by atoms with Crippen LogP contribution in [0.4, 0.5) is 0 Å². The van der Waals surface area contributed by atoms with Crippen LogP contribution < -0.4 is 4.74 Å². The molecule has 0 N–H and O–H groups in total. The van der Waals surface area contributed by atoms with Crippen LogP contribution >= 0.6 is 0 Å². The number of methoxy groups -OCH3 is 1. The number of rotatable bonds is 4. The molecule has 0 spiro atoms. The fraction of sp³-hybridized carbons (Fsp3) is 0.105. The van der Waals surface area contributed by atoms with E-state index in [1.54, 1.807) is 7.11 Å². The van der Waals surface area contributed by atoms with Crippen LogP contribution in [0.3, 0.4) is 0 Å². The maximum Gasteiger partial charge on any atom is 0.177 e. The Morgan fingerprint density at radius 2 is 1.65 bits per heavy atom. The lowest BCUT2D eigenvalue weighted by Gasteiger charge is -2.10. The van der Waals surface area contributed by atoms with Crippen molar-refractivity contribution in [3.63, 3.8) is 0 Å². The molecule has 0 aromatic heterocycles. The molecule has 0 aliphatic rings. The third kappa shape index (κ3) is 3.17. The SMILES string of the molecule is COc1ccc2ccccc2c1S(=O)/N=C(\C)c1ccccc1. The first-order valence-corrected chi connectivity index (χ1v) is 8.39. The van der Waals surface area contributed by atoms with Gasteiger partial charge in [-0.15, -0.1) is 0 Å². The van der Waals surface area contributed by atoms with Crippen LogP contribution in [0, 0.1) is 0 Å². The van der Waals surface area contributed by atoms with Crippen molar-refractivity contribution in [3.05, 3.63) is 72.3 Å². The van der Waals surface area contributed by atoms with Crippen LogP contribution in [0.1, 0.15) is 12.5 Å². The van der Waals surface area contributed by atoms with Crippen molar-refractivity contribution >= 4 is 27.5 Å².